The van der Waals surface area contributed by atoms with Gasteiger partial charge in [-0.25, -0.2) is 0 Å². The Balaban J connectivity index is 3.22. The van der Waals surface area contributed by atoms with Crippen LogP contribution in [0.15, 0.2) is 24.3 Å². The number of hydrogen-bond acceptors (Lipinski definition) is 5. The third kappa shape index (κ3) is 7.32. The second kappa shape index (κ2) is 9.44. The molecule has 6 heteroatoms. The standard InChI is InChI=1S/C20H28O5Si/c1-14(19(24-15(2)21)12-13-26(5,6)7)20(25-16(3)22)17-8-10-18(23-4)11-9-17/h8-11,14,19-20H,1-7H3/t14-,19-,20-/m0/s1. The molecule has 0 N–H and O–H groups in total. The number of ether oxygens (including phenoxy) is 3. The molecule has 5 nitrogen and oxygen atoms in total. The monoisotopic (exact) mass is 376 g/mol. The molecule has 0 heterocycles. The molecule has 1 aromatic rings. The van der Waals surface area contributed by atoms with Crippen molar-refractivity contribution in [2.45, 2.75) is 52.6 Å². The third-order valence-electron chi connectivity index (χ3n) is 3.57. The van der Waals surface area contributed by atoms with Crippen LogP contribution in [0.4, 0.5) is 0 Å². The van der Waals surface area contributed by atoms with Gasteiger partial charge in [-0.15, -0.1) is 5.54 Å². The summed E-state index contributed by atoms with van der Waals surface area (Å²) < 4.78 is 16.1. The van der Waals surface area contributed by atoms with Crippen LogP contribution < -0.4 is 4.74 Å². The van der Waals surface area contributed by atoms with E-state index in [4.69, 9.17) is 14.2 Å². The van der Waals surface area contributed by atoms with Gasteiger partial charge in [0.25, 0.3) is 0 Å². The summed E-state index contributed by atoms with van der Waals surface area (Å²) in [5.74, 6) is 2.64. The highest BCUT2D eigenvalue weighted by molar-refractivity contribution is 6.83. The van der Waals surface area contributed by atoms with Gasteiger partial charge in [-0.05, 0) is 17.7 Å². The van der Waals surface area contributed by atoms with Crippen LogP contribution in [0.2, 0.25) is 19.6 Å². The SMILES string of the molecule is COc1ccc([C@@H](OC(C)=O)[C@@H](C)[C@H](C#C[Si](C)(C)C)OC(C)=O)cc1. The Morgan fingerprint density at radius 2 is 1.54 bits per heavy atom. The van der Waals surface area contributed by atoms with Crippen LogP contribution in [0.1, 0.15) is 32.4 Å². The summed E-state index contributed by atoms with van der Waals surface area (Å²) in [6.45, 7) is 10.9. The second-order valence-corrected chi connectivity index (χ2v) is 12.0. The molecule has 1 rings (SSSR count). The van der Waals surface area contributed by atoms with E-state index in [1.54, 1.807) is 19.2 Å². The maximum absolute atomic E-state index is 11.6. The lowest BCUT2D eigenvalue weighted by Crippen LogP contribution is -2.30. The maximum atomic E-state index is 11.6. The number of methoxy groups -OCH3 is 1. The van der Waals surface area contributed by atoms with Gasteiger partial charge in [-0.1, -0.05) is 44.6 Å². The molecule has 0 radical (unpaired) electrons. The highest BCUT2D eigenvalue weighted by atomic mass is 28.3. The molecule has 0 aliphatic carbocycles. The van der Waals surface area contributed by atoms with Crippen LogP contribution in [-0.2, 0) is 19.1 Å². The van der Waals surface area contributed by atoms with Crippen LogP contribution in [0, 0.1) is 17.4 Å². The molecule has 0 bridgehead atoms. The van der Waals surface area contributed by atoms with E-state index in [1.807, 2.05) is 19.1 Å². The lowest BCUT2D eigenvalue weighted by molar-refractivity contribution is -0.155. The summed E-state index contributed by atoms with van der Waals surface area (Å²) in [4.78, 5) is 23.2. The Morgan fingerprint density at radius 3 is 1.96 bits per heavy atom. The predicted molar refractivity (Wildman–Crippen MR) is 103 cm³/mol. The van der Waals surface area contributed by atoms with Gasteiger partial charge in [-0.2, -0.15) is 0 Å². The molecule has 26 heavy (non-hydrogen) atoms. The van der Waals surface area contributed by atoms with Gasteiger partial charge in [0.1, 0.15) is 19.9 Å². The molecule has 0 aliphatic heterocycles. The van der Waals surface area contributed by atoms with Crippen molar-refractivity contribution in [2.24, 2.45) is 5.92 Å². The summed E-state index contributed by atoms with van der Waals surface area (Å²) in [6.07, 6.45) is -1.25. The summed E-state index contributed by atoms with van der Waals surface area (Å²) in [5, 5.41) is 0. The molecule has 0 aliphatic rings. The van der Waals surface area contributed by atoms with E-state index in [0.717, 1.165) is 5.56 Å². The van der Waals surface area contributed by atoms with Crippen LogP contribution in [0.25, 0.3) is 0 Å². The van der Waals surface area contributed by atoms with E-state index in [1.165, 1.54) is 13.8 Å². The predicted octanol–water partition coefficient (Wildman–Crippen LogP) is 3.75. The van der Waals surface area contributed by atoms with Crippen molar-refractivity contribution in [1.29, 1.82) is 0 Å². The molecule has 0 fully saturated rings. The highest BCUT2D eigenvalue weighted by Gasteiger charge is 2.31. The van der Waals surface area contributed by atoms with E-state index in [9.17, 15) is 9.59 Å². The molecule has 1 aromatic carbocycles. The topological polar surface area (TPSA) is 61.8 Å². The number of hydrogen-bond donors (Lipinski definition) is 0. The van der Waals surface area contributed by atoms with Crippen molar-refractivity contribution in [1.82, 2.24) is 0 Å². The van der Waals surface area contributed by atoms with Gasteiger partial charge >= 0.3 is 11.9 Å². The van der Waals surface area contributed by atoms with Gasteiger partial charge in [-0.3, -0.25) is 9.59 Å². The van der Waals surface area contributed by atoms with Crippen LogP contribution in [0.3, 0.4) is 0 Å². The summed E-state index contributed by atoms with van der Waals surface area (Å²) >= 11 is 0. The zero-order chi connectivity index (χ0) is 19.9. The minimum Gasteiger partial charge on any atom is -0.497 e. The molecule has 0 aromatic heterocycles. The number of carbonyl (C=O) groups is 2. The molecule has 0 spiro atoms. The fourth-order valence-electron chi connectivity index (χ4n) is 2.34. The fraction of sp³-hybridized carbons (Fsp3) is 0.500. The summed E-state index contributed by atoms with van der Waals surface area (Å²) in [7, 11) is -0.0649. The Labute approximate surface area is 157 Å². The summed E-state index contributed by atoms with van der Waals surface area (Å²) in [5.41, 5.74) is 4.03. The lowest BCUT2D eigenvalue weighted by Gasteiger charge is -2.28. The first kappa shape index (κ1) is 21.8. The lowest BCUT2D eigenvalue weighted by atomic mass is 9.92. The van der Waals surface area contributed by atoms with E-state index in [-0.39, 0.29) is 5.92 Å². The number of benzene rings is 1. The van der Waals surface area contributed by atoms with Crippen molar-refractivity contribution >= 4 is 20.0 Å². The van der Waals surface area contributed by atoms with Gasteiger partial charge < -0.3 is 14.2 Å². The van der Waals surface area contributed by atoms with Gasteiger partial charge in [0, 0.05) is 19.8 Å². The molecular formula is C20H28O5Si. The molecule has 0 saturated heterocycles. The van der Waals surface area contributed by atoms with E-state index < -0.39 is 32.2 Å². The zero-order valence-corrected chi connectivity index (χ0v) is 17.6. The molecule has 142 valence electrons. The Kier molecular flexibility index (Phi) is 7.91. The van der Waals surface area contributed by atoms with Gasteiger partial charge in [0.2, 0.25) is 0 Å². The molecule has 0 amide bonds. The largest absolute Gasteiger partial charge is 0.497 e. The third-order valence-corrected chi connectivity index (χ3v) is 4.47. The fourth-order valence-corrected chi connectivity index (χ4v) is 2.92. The first-order valence-electron chi connectivity index (χ1n) is 8.54. The smallest absolute Gasteiger partial charge is 0.303 e. The normalized spacial score (nSPS) is 14.3. The molecule has 0 unspecified atom stereocenters. The van der Waals surface area contributed by atoms with Crippen LogP contribution >= 0.6 is 0 Å². The van der Waals surface area contributed by atoms with Crippen LogP contribution in [0.5, 0.6) is 5.75 Å². The first-order valence-corrected chi connectivity index (χ1v) is 12.0. The highest BCUT2D eigenvalue weighted by Crippen LogP contribution is 2.31. The number of rotatable bonds is 6. The Morgan fingerprint density at radius 1 is 1.00 bits per heavy atom. The first-order chi connectivity index (χ1) is 12.0. The minimum atomic E-state index is -1.65. The van der Waals surface area contributed by atoms with E-state index in [0.29, 0.717) is 5.75 Å². The van der Waals surface area contributed by atoms with Gasteiger partial charge in [0.15, 0.2) is 6.10 Å². The molecule has 0 saturated carbocycles. The average Bonchev–Trinajstić information content (AvgIpc) is 2.54. The van der Waals surface area contributed by atoms with E-state index >= 15 is 0 Å². The molecular weight excluding hydrogens is 348 g/mol. The van der Waals surface area contributed by atoms with Crippen molar-refractivity contribution in [3.8, 4) is 17.2 Å². The number of esters is 2. The average molecular weight is 377 g/mol. The van der Waals surface area contributed by atoms with Crippen molar-refractivity contribution in [2.75, 3.05) is 7.11 Å². The Bertz CT molecular complexity index is 679. The zero-order valence-electron chi connectivity index (χ0n) is 16.6. The van der Waals surface area contributed by atoms with Crippen molar-refractivity contribution < 1.29 is 23.8 Å². The van der Waals surface area contributed by atoms with Crippen LogP contribution in [-0.4, -0.2) is 33.2 Å². The van der Waals surface area contributed by atoms with Crippen molar-refractivity contribution in [3.63, 3.8) is 0 Å². The molecule has 3 atom stereocenters. The maximum Gasteiger partial charge on any atom is 0.303 e. The van der Waals surface area contributed by atoms with Crippen molar-refractivity contribution in [3.05, 3.63) is 29.8 Å². The Hall–Kier alpha value is -2.26. The van der Waals surface area contributed by atoms with E-state index in [2.05, 4.69) is 31.1 Å². The van der Waals surface area contributed by atoms with Gasteiger partial charge in [0.05, 0.1) is 7.11 Å². The number of carbonyl (C=O) groups excluding carboxylic acids is 2. The summed E-state index contributed by atoms with van der Waals surface area (Å²) in [6, 6.07) is 7.26. The quantitative estimate of drug-likeness (QED) is 0.430. The minimum absolute atomic E-state index is 0.333. The second-order valence-electron chi connectivity index (χ2n) is 7.21.